The molecule has 0 unspecified atom stereocenters. The van der Waals surface area contributed by atoms with Crippen molar-refractivity contribution in [1.29, 1.82) is 0 Å². The van der Waals surface area contributed by atoms with E-state index in [1.165, 1.54) is 6.07 Å². The molecule has 0 aliphatic heterocycles. The zero-order valence-corrected chi connectivity index (χ0v) is 9.37. The second kappa shape index (κ2) is 4.35. The smallest absolute Gasteiger partial charge is 0.128 e. The van der Waals surface area contributed by atoms with Crippen LogP contribution >= 0.6 is 0 Å². The SMILES string of the molecule is Cc1ccc(NCc2nccn2C)cc1F. The van der Waals surface area contributed by atoms with Crippen LogP contribution in [0, 0.1) is 12.7 Å². The maximum absolute atomic E-state index is 13.3. The van der Waals surface area contributed by atoms with Crippen molar-refractivity contribution in [3.63, 3.8) is 0 Å². The normalized spacial score (nSPS) is 10.4. The lowest BCUT2D eigenvalue weighted by Crippen LogP contribution is -2.05. The predicted molar refractivity (Wildman–Crippen MR) is 61.7 cm³/mol. The van der Waals surface area contributed by atoms with Gasteiger partial charge in [0, 0.05) is 25.1 Å². The Morgan fingerprint density at radius 3 is 2.88 bits per heavy atom. The number of nitrogens with one attached hydrogen (secondary N) is 1. The predicted octanol–water partition coefficient (Wildman–Crippen LogP) is 2.48. The van der Waals surface area contributed by atoms with Gasteiger partial charge in [0.2, 0.25) is 0 Å². The van der Waals surface area contributed by atoms with Gasteiger partial charge >= 0.3 is 0 Å². The number of anilines is 1. The van der Waals surface area contributed by atoms with Gasteiger partial charge in [0.1, 0.15) is 11.6 Å². The van der Waals surface area contributed by atoms with Gasteiger partial charge in [0.15, 0.2) is 0 Å². The Hall–Kier alpha value is -1.84. The van der Waals surface area contributed by atoms with Crippen LogP contribution in [0.5, 0.6) is 0 Å². The van der Waals surface area contributed by atoms with Gasteiger partial charge in [-0.3, -0.25) is 0 Å². The average molecular weight is 219 g/mol. The third-order valence-electron chi connectivity index (χ3n) is 2.54. The van der Waals surface area contributed by atoms with E-state index in [2.05, 4.69) is 10.3 Å². The van der Waals surface area contributed by atoms with Crippen LogP contribution in [0.2, 0.25) is 0 Å². The van der Waals surface area contributed by atoms with Crippen molar-refractivity contribution in [1.82, 2.24) is 9.55 Å². The first-order valence-electron chi connectivity index (χ1n) is 5.13. The van der Waals surface area contributed by atoms with Crippen molar-refractivity contribution in [2.75, 3.05) is 5.32 Å². The Balaban J connectivity index is 2.05. The molecule has 0 spiro atoms. The zero-order valence-electron chi connectivity index (χ0n) is 9.37. The molecule has 0 atom stereocenters. The molecule has 1 heterocycles. The van der Waals surface area contributed by atoms with Crippen LogP contribution in [-0.2, 0) is 13.6 Å². The minimum absolute atomic E-state index is 0.190. The quantitative estimate of drug-likeness (QED) is 0.859. The Morgan fingerprint density at radius 2 is 2.25 bits per heavy atom. The van der Waals surface area contributed by atoms with Gasteiger partial charge in [-0.2, -0.15) is 0 Å². The third-order valence-corrected chi connectivity index (χ3v) is 2.54. The van der Waals surface area contributed by atoms with Crippen molar-refractivity contribution >= 4 is 5.69 Å². The van der Waals surface area contributed by atoms with Gasteiger partial charge < -0.3 is 9.88 Å². The van der Waals surface area contributed by atoms with Crippen molar-refractivity contribution < 1.29 is 4.39 Å². The molecule has 1 aromatic heterocycles. The first kappa shape index (κ1) is 10.7. The molecule has 2 rings (SSSR count). The summed E-state index contributed by atoms with van der Waals surface area (Å²) in [5, 5.41) is 3.13. The topological polar surface area (TPSA) is 29.9 Å². The lowest BCUT2D eigenvalue weighted by molar-refractivity contribution is 0.619. The van der Waals surface area contributed by atoms with Crippen LogP contribution in [0.3, 0.4) is 0 Å². The molecular formula is C12H14FN3. The van der Waals surface area contributed by atoms with Gasteiger partial charge in [-0.15, -0.1) is 0 Å². The van der Waals surface area contributed by atoms with Crippen molar-refractivity contribution in [3.05, 3.63) is 47.8 Å². The van der Waals surface area contributed by atoms with E-state index in [-0.39, 0.29) is 5.82 Å². The molecule has 4 heteroatoms. The molecule has 3 nitrogen and oxygen atoms in total. The second-order valence-electron chi connectivity index (χ2n) is 3.77. The molecule has 84 valence electrons. The molecule has 0 bridgehead atoms. The van der Waals surface area contributed by atoms with Crippen LogP contribution < -0.4 is 5.32 Å². The standard InChI is InChI=1S/C12H14FN3/c1-9-3-4-10(7-11(9)13)15-8-12-14-5-6-16(12)2/h3-7,15H,8H2,1-2H3. The molecular weight excluding hydrogens is 205 g/mol. The minimum atomic E-state index is -0.190. The number of halogens is 1. The number of benzene rings is 1. The van der Waals surface area contributed by atoms with E-state index in [0.29, 0.717) is 12.1 Å². The monoisotopic (exact) mass is 219 g/mol. The molecule has 0 aliphatic carbocycles. The van der Waals surface area contributed by atoms with Crippen LogP contribution in [0.4, 0.5) is 10.1 Å². The highest BCUT2D eigenvalue weighted by atomic mass is 19.1. The van der Waals surface area contributed by atoms with Crippen LogP contribution in [0.15, 0.2) is 30.6 Å². The number of hydrogen-bond acceptors (Lipinski definition) is 2. The Labute approximate surface area is 93.9 Å². The second-order valence-corrected chi connectivity index (χ2v) is 3.77. The molecule has 0 radical (unpaired) electrons. The van der Waals surface area contributed by atoms with Crippen LogP contribution in [0.1, 0.15) is 11.4 Å². The molecule has 0 fully saturated rings. The van der Waals surface area contributed by atoms with E-state index in [9.17, 15) is 4.39 Å². The van der Waals surface area contributed by atoms with Crippen molar-refractivity contribution in [2.45, 2.75) is 13.5 Å². The van der Waals surface area contributed by atoms with E-state index in [1.54, 1.807) is 19.2 Å². The highest BCUT2D eigenvalue weighted by Gasteiger charge is 2.01. The van der Waals surface area contributed by atoms with E-state index in [1.807, 2.05) is 23.9 Å². The summed E-state index contributed by atoms with van der Waals surface area (Å²) < 4.78 is 15.2. The van der Waals surface area contributed by atoms with E-state index in [4.69, 9.17) is 0 Å². The van der Waals surface area contributed by atoms with Crippen molar-refractivity contribution in [2.24, 2.45) is 7.05 Å². The number of hydrogen-bond donors (Lipinski definition) is 1. The number of aryl methyl sites for hydroxylation is 2. The fraction of sp³-hybridized carbons (Fsp3) is 0.250. The largest absolute Gasteiger partial charge is 0.378 e. The average Bonchev–Trinajstić information content (AvgIpc) is 2.66. The summed E-state index contributed by atoms with van der Waals surface area (Å²) in [6, 6.07) is 5.12. The summed E-state index contributed by atoms with van der Waals surface area (Å²) in [7, 11) is 1.93. The molecule has 2 aromatic rings. The van der Waals surface area contributed by atoms with Gasteiger partial charge in [-0.1, -0.05) is 6.07 Å². The summed E-state index contributed by atoms with van der Waals surface area (Å²) in [6.07, 6.45) is 3.62. The maximum atomic E-state index is 13.3. The zero-order chi connectivity index (χ0) is 11.5. The minimum Gasteiger partial charge on any atom is -0.378 e. The number of aromatic nitrogens is 2. The summed E-state index contributed by atoms with van der Waals surface area (Å²) in [6.45, 7) is 2.34. The molecule has 16 heavy (non-hydrogen) atoms. The Kier molecular flexibility index (Phi) is 2.90. The van der Waals surface area contributed by atoms with E-state index in [0.717, 1.165) is 11.5 Å². The van der Waals surface area contributed by atoms with E-state index < -0.39 is 0 Å². The van der Waals surface area contributed by atoms with Crippen molar-refractivity contribution in [3.8, 4) is 0 Å². The third kappa shape index (κ3) is 2.21. The molecule has 1 aromatic carbocycles. The van der Waals surface area contributed by atoms with E-state index >= 15 is 0 Å². The molecule has 0 aliphatic rings. The highest BCUT2D eigenvalue weighted by Crippen LogP contribution is 2.14. The van der Waals surface area contributed by atoms with Gasteiger partial charge in [-0.05, 0) is 24.6 Å². The van der Waals surface area contributed by atoms with Crippen LogP contribution in [-0.4, -0.2) is 9.55 Å². The number of imidazole rings is 1. The number of nitrogens with zero attached hydrogens (tertiary/aromatic N) is 2. The Bertz CT molecular complexity index is 491. The molecule has 0 saturated heterocycles. The maximum Gasteiger partial charge on any atom is 0.128 e. The van der Waals surface area contributed by atoms with Gasteiger partial charge in [0.05, 0.1) is 6.54 Å². The molecule has 0 amide bonds. The summed E-state index contributed by atoms with van der Waals surface area (Å²) in [5.41, 5.74) is 1.42. The first-order chi connectivity index (χ1) is 7.66. The van der Waals surface area contributed by atoms with Crippen LogP contribution in [0.25, 0.3) is 0 Å². The summed E-state index contributed by atoms with van der Waals surface area (Å²) >= 11 is 0. The first-order valence-corrected chi connectivity index (χ1v) is 5.13. The summed E-state index contributed by atoms with van der Waals surface area (Å²) in [4.78, 5) is 4.18. The lowest BCUT2D eigenvalue weighted by Gasteiger charge is -2.07. The number of rotatable bonds is 3. The molecule has 0 saturated carbocycles. The fourth-order valence-electron chi connectivity index (χ4n) is 1.45. The lowest BCUT2D eigenvalue weighted by atomic mass is 10.2. The van der Waals surface area contributed by atoms with Gasteiger partial charge in [-0.25, -0.2) is 9.37 Å². The van der Waals surface area contributed by atoms with Gasteiger partial charge in [0.25, 0.3) is 0 Å². The highest BCUT2D eigenvalue weighted by molar-refractivity contribution is 5.45. The Morgan fingerprint density at radius 1 is 1.44 bits per heavy atom. The molecule has 1 N–H and O–H groups in total. The fourth-order valence-corrected chi connectivity index (χ4v) is 1.45. The summed E-state index contributed by atoms with van der Waals surface area (Å²) in [5.74, 6) is 0.728.